The van der Waals surface area contributed by atoms with Gasteiger partial charge >= 0.3 is 0 Å². The number of nitrogens with two attached hydrogens (primary N) is 1. The molecule has 0 bridgehead atoms. The largest absolute Gasteiger partial charge is 0.398 e. The van der Waals surface area contributed by atoms with Crippen LogP contribution < -0.4 is 10.6 Å². The van der Waals surface area contributed by atoms with Crippen molar-refractivity contribution < 1.29 is 0 Å². The first kappa shape index (κ1) is 14.6. The molecule has 2 rings (SSSR count). The maximum Gasteiger partial charge on any atom is 0.0956 e. The number of rotatable bonds is 6. The predicted octanol–water partition coefficient (Wildman–Crippen LogP) is 4.22. The lowest BCUT2D eigenvalue weighted by molar-refractivity contribution is 0.597. The Morgan fingerprint density at radius 2 is 2.05 bits per heavy atom. The molecule has 2 aromatic rings. The molecule has 1 atom stereocenters. The summed E-state index contributed by atoms with van der Waals surface area (Å²) in [4.78, 5) is 7.04. The molecule has 3 heteroatoms. The minimum absolute atomic E-state index is 0.510. The molecule has 2 N–H and O–H groups in total. The number of benzene rings is 1. The molecule has 0 amide bonds. The molecule has 0 saturated carbocycles. The lowest BCUT2D eigenvalue weighted by atomic mass is 10.1. The molecule has 0 saturated heterocycles. The molecule has 0 radical (unpaired) electrons. The van der Waals surface area contributed by atoms with Gasteiger partial charge in [0.25, 0.3) is 0 Å². The van der Waals surface area contributed by atoms with Crippen molar-refractivity contribution in [1.29, 1.82) is 0 Å². The van der Waals surface area contributed by atoms with E-state index < -0.39 is 0 Å². The topological polar surface area (TPSA) is 42.1 Å². The fraction of sp³-hybridized carbons (Fsp3) is 0.471. The Morgan fingerprint density at radius 3 is 2.75 bits per heavy atom. The van der Waals surface area contributed by atoms with Crippen molar-refractivity contribution in [2.45, 2.75) is 46.1 Å². The second kappa shape index (κ2) is 6.60. The fourth-order valence-corrected chi connectivity index (χ4v) is 2.54. The third-order valence-corrected chi connectivity index (χ3v) is 3.97. The summed E-state index contributed by atoms with van der Waals surface area (Å²) in [7, 11) is 0. The smallest absolute Gasteiger partial charge is 0.0956 e. The average molecular weight is 271 g/mol. The van der Waals surface area contributed by atoms with Gasteiger partial charge in [0.1, 0.15) is 0 Å². The molecule has 0 aliphatic carbocycles. The second-order valence-electron chi connectivity index (χ2n) is 5.38. The standard InChI is InChI=1S/C17H25N3/c1-4-6-12-20(13(3)5-2)16-10-9-15(18)14-8-7-11-19-17(14)16/h7-11,13H,4-6,12,18H2,1-3H3. The maximum absolute atomic E-state index is 6.08. The van der Waals surface area contributed by atoms with Gasteiger partial charge in [-0.1, -0.05) is 20.3 Å². The van der Waals surface area contributed by atoms with Crippen LogP contribution in [0.25, 0.3) is 10.9 Å². The molecule has 0 aliphatic rings. The zero-order valence-corrected chi connectivity index (χ0v) is 12.8. The van der Waals surface area contributed by atoms with Crippen LogP contribution in [0.2, 0.25) is 0 Å². The molecule has 1 aromatic carbocycles. The quantitative estimate of drug-likeness (QED) is 0.800. The van der Waals surface area contributed by atoms with Crippen molar-refractivity contribution in [1.82, 2.24) is 4.98 Å². The van der Waals surface area contributed by atoms with Crippen molar-refractivity contribution in [2.75, 3.05) is 17.2 Å². The van der Waals surface area contributed by atoms with E-state index in [2.05, 4.69) is 42.8 Å². The summed E-state index contributed by atoms with van der Waals surface area (Å²) in [5, 5.41) is 1.05. The number of aromatic nitrogens is 1. The van der Waals surface area contributed by atoms with E-state index in [1.807, 2.05) is 18.3 Å². The summed E-state index contributed by atoms with van der Waals surface area (Å²) in [5.74, 6) is 0. The fourth-order valence-electron chi connectivity index (χ4n) is 2.54. The Balaban J connectivity index is 2.50. The van der Waals surface area contributed by atoms with Gasteiger partial charge in [0, 0.05) is 29.9 Å². The molecule has 3 nitrogen and oxygen atoms in total. The molecule has 20 heavy (non-hydrogen) atoms. The number of pyridine rings is 1. The summed E-state index contributed by atoms with van der Waals surface area (Å²) < 4.78 is 0. The first-order valence-corrected chi connectivity index (χ1v) is 7.58. The van der Waals surface area contributed by atoms with E-state index in [0.29, 0.717) is 6.04 Å². The van der Waals surface area contributed by atoms with E-state index in [-0.39, 0.29) is 0 Å². The first-order chi connectivity index (χ1) is 9.69. The average Bonchev–Trinajstić information content (AvgIpc) is 2.49. The number of unbranched alkanes of at least 4 members (excludes halogenated alkanes) is 1. The van der Waals surface area contributed by atoms with Crippen molar-refractivity contribution in [3.63, 3.8) is 0 Å². The lowest BCUT2D eigenvalue weighted by Crippen LogP contribution is -2.33. The van der Waals surface area contributed by atoms with Crippen LogP contribution in [0.15, 0.2) is 30.5 Å². The van der Waals surface area contributed by atoms with Gasteiger partial charge in [-0.05, 0) is 44.0 Å². The van der Waals surface area contributed by atoms with Crippen LogP contribution in [0.4, 0.5) is 11.4 Å². The summed E-state index contributed by atoms with van der Waals surface area (Å²) >= 11 is 0. The van der Waals surface area contributed by atoms with Gasteiger partial charge in [0.15, 0.2) is 0 Å². The van der Waals surface area contributed by atoms with Gasteiger partial charge < -0.3 is 10.6 Å². The van der Waals surface area contributed by atoms with Crippen LogP contribution in [0, 0.1) is 0 Å². The summed E-state index contributed by atoms with van der Waals surface area (Å²) in [5.41, 5.74) is 9.10. The molecule has 1 heterocycles. The van der Waals surface area contributed by atoms with E-state index >= 15 is 0 Å². The van der Waals surface area contributed by atoms with Gasteiger partial charge in [0.05, 0.1) is 11.2 Å². The summed E-state index contributed by atoms with van der Waals surface area (Å²) in [6, 6.07) is 8.63. The lowest BCUT2D eigenvalue weighted by Gasteiger charge is -2.31. The molecule has 0 spiro atoms. The van der Waals surface area contributed by atoms with Gasteiger partial charge in [-0.25, -0.2) is 0 Å². The SMILES string of the molecule is CCCCN(c1ccc(N)c2cccnc12)C(C)CC. The minimum atomic E-state index is 0.510. The zero-order valence-electron chi connectivity index (χ0n) is 12.8. The molecular weight excluding hydrogens is 246 g/mol. The first-order valence-electron chi connectivity index (χ1n) is 7.58. The van der Waals surface area contributed by atoms with Crippen LogP contribution in [-0.4, -0.2) is 17.6 Å². The molecule has 0 aliphatic heterocycles. The van der Waals surface area contributed by atoms with E-state index in [0.717, 1.165) is 29.6 Å². The highest BCUT2D eigenvalue weighted by atomic mass is 15.2. The molecule has 0 fully saturated rings. The van der Waals surface area contributed by atoms with Gasteiger partial charge in [-0.15, -0.1) is 0 Å². The normalized spacial score (nSPS) is 12.6. The Kier molecular flexibility index (Phi) is 4.83. The Morgan fingerprint density at radius 1 is 1.25 bits per heavy atom. The third kappa shape index (κ3) is 2.87. The molecule has 108 valence electrons. The Bertz CT molecular complexity index is 565. The molecule has 1 aromatic heterocycles. The highest BCUT2D eigenvalue weighted by molar-refractivity contribution is 5.98. The van der Waals surface area contributed by atoms with Crippen LogP contribution in [0.5, 0.6) is 0 Å². The van der Waals surface area contributed by atoms with E-state index in [1.54, 1.807) is 0 Å². The third-order valence-electron chi connectivity index (χ3n) is 3.97. The van der Waals surface area contributed by atoms with Gasteiger partial charge in [-0.3, -0.25) is 4.98 Å². The summed E-state index contributed by atoms with van der Waals surface area (Å²) in [6.07, 6.45) is 5.37. The van der Waals surface area contributed by atoms with Crippen molar-refractivity contribution in [3.05, 3.63) is 30.5 Å². The molecule has 1 unspecified atom stereocenters. The highest BCUT2D eigenvalue weighted by Gasteiger charge is 2.16. The van der Waals surface area contributed by atoms with Crippen molar-refractivity contribution in [3.8, 4) is 0 Å². The molecular formula is C17H25N3. The Hall–Kier alpha value is -1.77. The van der Waals surface area contributed by atoms with Gasteiger partial charge in [-0.2, -0.15) is 0 Å². The number of hydrogen-bond donors (Lipinski definition) is 1. The van der Waals surface area contributed by atoms with Crippen molar-refractivity contribution in [2.24, 2.45) is 0 Å². The van der Waals surface area contributed by atoms with Crippen LogP contribution >= 0.6 is 0 Å². The Labute approximate surface area is 121 Å². The number of nitrogens with zero attached hydrogens (tertiary/aromatic N) is 2. The number of anilines is 2. The van der Waals surface area contributed by atoms with Crippen molar-refractivity contribution >= 4 is 22.3 Å². The number of nitrogen functional groups attached to an aromatic ring is 1. The minimum Gasteiger partial charge on any atom is -0.398 e. The summed E-state index contributed by atoms with van der Waals surface area (Å²) in [6.45, 7) is 7.81. The van der Waals surface area contributed by atoms with Crippen LogP contribution in [0.3, 0.4) is 0 Å². The zero-order chi connectivity index (χ0) is 14.5. The highest BCUT2D eigenvalue weighted by Crippen LogP contribution is 2.31. The predicted molar refractivity (Wildman–Crippen MR) is 88.2 cm³/mol. The van der Waals surface area contributed by atoms with Crippen LogP contribution in [-0.2, 0) is 0 Å². The van der Waals surface area contributed by atoms with E-state index in [1.165, 1.54) is 18.5 Å². The monoisotopic (exact) mass is 271 g/mol. The van der Waals surface area contributed by atoms with E-state index in [4.69, 9.17) is 5.73 Å². The number of hydrogen-bond acceptors (Lipinski definition) is 3. The maximum atomic E-state index is 6.08. The van der Waals surface area contributed by atoms with Crippen LogP contribution in [0.1, 0.15) is 40.0 Å². The van der Waals surface area contributed by atoms with E-state index in [9.17, 15) is 0 Å². The van der Waals surface area contributed by atoms with Gasteiger partial charge in [0.2, 0.25) is 0 Å². The second-order valence-corrected chi connectivity index (χ2v) is 5.38. The number of fused-ring (bicyclic) bond motifs is 1.